The highest BCUT2D eigenvalue weighted by atomic mass is 35.5. The largest absolute Gasteiger partial charge is 0.508 e. The number of H-pyrrole nitrogens is 1. The van der Waals surface area contributed by atoms with E-state index in [1.54, 1.807) is 13.2 Å². The maximum absolute atomic E-state index is 9.77. The van der Waals surface area contributed by atoms with Crippen molar-refractivity contribution in [2.75, 3.05) is 13.7 Å². The molecule has 0 fully saturated rings. The molecule has 0 saturated heterocycles. The summed E-state index contributed by atoms with van der Waals surface area (Å²) in [5, 5.41) is 14.4. The van der Waals surface area contributed by atoms with Gasteiger partial charge >= 0.3 is 0 Å². The summed E-state index contributed by atoms with van der Waals surface area (Å²) in [4.78, 5) is 3.51. The van der Waals surface area contributed by atoms with Crippen LogP contribution in [0.25, 0.3) is 10.9 Å². The molecule has 4 nitrogen and oxygen atoms in total. The number of nitrogens with one attached hydrogen (secondary N) is 2. The third-order valence-electron chi connectivity index (χ3n) is 4.38. The Morgan fingerprint density at radius 3 is 2.83 bits per heavy atom. The van der Waals surface area contributed by atoms with E-state index in [-0.39, 0.29) is 18.4 Å². The van der Waals surface area contributed by atoms with E-state index in [1.807, 2.05) is 30.3 Å². The van der Waals surface area contributed by atoms with Crippen LogP contribution in [0, 0.1) is 0 Å². The minimum Gasteiger partial charge on any atom is -0.508 e. The number of ether oxygens (including phenoxy) is 1. The van der Waals surface area contributed by atoms with Crippen molar-refractivity contribution in [3.63, 3.8) is 0 Å². The molecule has 1 aliphatic rings. The fraction of sp³-hybridized carbons (Fsp3) is 0.222. The van der Waals surface area contributed by atoms with Crippen LogP contribution in [-0.4, -0.2) is 23.7 Å². The third-order valence-corrected chi connectivity index (χ3v) is 4.38. The summed E-state index contributed by atoms with van der Waals surface area (Å²) in [6, 6.07) is 13.7. The number of fused-ring (bicyclic) bond motifs is 3. The zero-order chi connectivity index (χ0) is 15.1. The lowest BCUT2D eigenvalue weighted by Crippen LogP contribution is -2.30. The maximum Gasteiger partial charge on any atom is 0.124 e. The fourth-order valence-electron chi connectivity index (χ4n) is 3.39. The maximum atomic E-state index is 9.77. The van der Waals surface area contributed by atoms with E-state index >= 15 is 0 Å². The van der Waals surface area contributed by atoms with Gasteiger partial charge in [-0.15, -0.1) is 12.4 Å². The highest BCUT2D eigenvalue weighted by Crippen LogP contribution is 2.37. The molecule has 1 aromatic heterocycles. The second-order valence-electron chi connectivity index (χ2n) is 5.63. The van der Waals surface area contributed by atoms with Gasteiger partial charge < -0.3 is 20.1 Å². The van der Waals surface area contributed by atoms with E-state index in [0.717, 1.165) is 40.9 Å². The predicted molar refractivity (Wildman–Crippen MR) is 93.8 cm³/mol. The number of phenolic OH excluding ortho intramolecular Hbond substituents is 1. The number of aromatic hydroxyl groups is 1. The number of methoxy groups -OCH3 is 1. The van der Waals surface area contributed by atoms with Gasteiger partial charge in [-0.05, 0) is 36.2 Å². The highest BCUT2D eigenvalue weighted by molar-refractivity contribution is 5.86. The van der Waals surface area contributed by atoms with Crippen molar-refractivity contribution < 1.29 is 9.84 Å². The molecule has 120 valence electrons. The van der Waals surface area contributed by atoms with Gasteiger partial charge in [0.1, 0.15) is 11.5 Å². The Kier molecular flexibility index (Phi) is 4.20. The monoisotopic (exact) mass is 330 g/mol. The molecular formula is C18H19ClN2O2. The lowest BCUT2D eigenvalue weighted by atomic mass is 9.94. The molecule has 0 amide bonds. The molecule has 1 unspecified atom stereocenters. The molecule has 2 aromatic carbocycles. The first-order chi connectivity index (χ1) is 10.8. The standard InChI is InChI=1S/C18H18N2O2.ClH/c1-22-16-5-3-2-4-13(16)17-18-12(8-9-19-17)14-10-11(21)6-7-15(14)20-18;/h2-7,10,17,19-21H,8-9H2,1H3;1H. The van der Waals surface area contributed by atoms with Gasteiger partial charge in [-0.2, -0.15) is 0 Å². The van der Waals surface area contributed by atoms with Crippen LogP contribution in [0.4, 0.5) is 0 Å². The van der Waals surface area contributed by atoms with Gasteiger partial charge in [0.2, 0.25) is 0 Å². The Balaban J connectivity index is 0.00000156. The van der Waals surface area contributed by atoms with Gasteiger partial charge in [-0.3, -0.25) is 0 Å². The SMILES string of the molecule is COc1ccccc1C1NCCc2c1[nH]c1ccc(O)cc21.Cl. The molecule has 0 bridgehead atoms. The summed E-state index contributed by atoms with van der Waals surface area (Å²) < 4.78 is 5.51. The van der Waals surface area contributed by atoms with Crippen molar-refractivity contribution in [3.8, 4) is 11.5 Å². The molecule has 2 heterocycles. The van der Waals surface area contributed by atoms with E-state index in [0.29, 0.717) is 5.75 Å². The van der Waals surface area contributed by atoms with Crippen LogP contribution in [0.15, 0.2) is 42.5 Å². The van der Waals surface area contributed by atoms with Gasteiger partial charge in [0.05, 0.1) is 13.2 Å². The Hall–Kier alpha value is -2.17. The second kappa shape index (κ2) is 6.14. The minimum atomic E-state index is 0. The number of aromatic amines is 1. The molecular weight excluding hydrogens is 312 g/mol. The van der Waals surface area contributed by atoms with E-state index in [9.17, 15) is 5.11 Å². The molecule has 23 heavy (non-hydrogen) atoms. The molecule has 0 saturated carbocycles. The van der Waals surface area contributed by atoms with Crippen LogP contribution >= 0.6 is 12.4 Å². The van der Waals surface area contributed by atoms with Crippen LogP contribution in [0.3, 0.4) is 0 Å². The van der Waals surface area contributed by atoms with Crippen molar-refractivity contribution in [2.45, 2.75) is 12.5 Å². The summed E-state index contributed by atoms with van der Waals surface area (Å²) >= 11 is 0. The van der Waals surface area contributed by atoms with Crippen LogP contribution < -0.4 is 10.1 Å². The third kappa shape index (κ3) is 2.54. The second-order valence-corrected chi connectivity index (χ2v) is 5.63. The molecule has 1 aliphatic heterocycles. The van der Waals surface area contributed by atoms with Gasteiger partial charge in [0.25, 0.3) is 0 Å². The zero-order valence-corrected chi connectivity index (χ0v) is 13.6. The summed E-state index contributed by atoms with van der Waals surface area (Å²) in [7, 11) is 1.70. The number of hydrogen-bond acceptors (Lipinski definition) is 3. The molecule has 1 atom stereocenters. The van der Waals surface area contributed by atoms with Crippen LogP contribution in [0.5, 0.6) is 11.5 Å². The summed E-state index contributed by atoms with van der Waals surface area (Å²) in [5.41, 5.74) is 4.63. The molecule has 3 aromatic rings. The fourth-order valence-corrected chi connectivity index (χ4v) is 3.39. The summed E-state index contributed by atoms with van der Waals surface area (Å²) in [6.07, 6.45) is 0.949. The quantitative estimate of drug-likeness (QED) is 0.673. The molecule has 5 heteroatoms. The first kappa shape index (κ1) is 15.7. The summed E-state index contributed by atoms with van der Waals surface area (Å²) in [5.74, 6) is 1.19. The Bertz CT molecular complexity index is 844. The zero-order valence-electron chi connectivity index (χ0n) is 12.8. The highest BCUT2D eigenvalue weighted by Gasteiger charge is 2.27. The van der Waals surface area contributed by atoms with Crippen LogP contribution in [0.2, 0.25) is 0 Å². The van der Waals surface area contributed by atoms with E-state index in [2.05, 4.69) is 16.4 Å². The first-order valence-corrected chi connectivity index (χ1v) is 7.47. The Morgan fingerprint density at radius 2 is 2.00 bits per heavy atom. The smallest absolute Gasteiger partial charge is 0.124 e. The van der Waals surface area contributed by atoms with Crippen molar-refractivity contribution >= 4 is 23.3 Å². The van der Waals surface area contributed by atoms with E-state index in [4.69, 9.17) is 4.74 Å². The van der Waals surface area contributed by atoms with Gasteiger partial charge in [0.15, 0.2) is 0 Å². The molecule has 4 rings (SSSR count). The van der Waals surface area contributed by atoms with Gasteiger partial charge in [-0.25, -0.2) is 0 Å². The van der Waals surface area contributed by atoms with Gasteiger partial charge in [0, 0.05) is 28.7 Å². The molecule has 0 spiro atoms. The van der Waals surface area contributed by atoms with Crippen molar-refractivity contribution in [1.82, 2.24) is 10.3 Å². The Morgan fingerprint density at radius 1 is 1.17 bits per heavy atom. The number of para-hydroxylation sites is 1. The normalized spacial score (nSPS) is 16.7. The first-order valence-electron chi connectivity index (χ1n) is 7.47. The summed E-state index contributed by atoms with van der Waals surface area (Å²) in [6.45, 7) is 0.901. The average molecular weight is 331 g/mol. The number of aromatic nitrogens is 1. The molecule has 3 N–H and O–H groups in total. The van der Waals surface area contributed by atoms with Crippen molar-refractivity contribution in [3.05, 3.63) is 59.3 Å². The molecule has 0 radical (unpaired) electrons. The minimum absolute atomic E-state index is 0. The Labute approximate surface area is 140 Å². The number of halogens is 1. The molecule has 0 aliphatic carbocycles. The number of phenols is 1. The number of rotatable bonds is 2. The average Bonchev–Trinajstić information content (AvgIpc) is 2.93. The van der Waals surface area contributed by atoms with E-state index in [1.165, 1.54) is 5.56 Å². The van der Waals surface area contributed by atoms with Crippen LogP contribution in [-0.2, 0) is 6.42 Å². The topological polar surface area (TPSA) is 57.3 Å². The van der Waals surface area contributed by atoms with Gasteiger partial charge in [-0.1, -0.05) is 18.2 Å². The number of hydrogen-bond donors (Lipinski definition) is 3. The van der Waals surface area contributed by atoms with Crippen LogP contribution in [0.1, 0.15) is 22.9 Å². The van der Waals surface area contributed by atoms with Crippen molar-refractivity contribution in [1.29, 1.82) is 0 Å². The van der Waals surface area contributed by atoms with Crippen molar-refractivity contribution in [2.24, 2.45) is 0 Å². The predicted octanol–water partition coefficient (Wildman–Crippen LogP) is 3.54. The number of benzene rings is 2. The van der Waals surface area contributed by atoms with E-state index < -0.39 is 0 Å². The lowest BCUT2D eigenvalue weighted by Gasteiger charge is -2.26. The lowest BCUT2D eigenvalue weighted by molar-refractivity contribution is 0.402.